The Hall–Kier alpha value is -0.790. The van der Waals surface area contributed by atoms with Gasteiger partial charge in [-0.15, -0.1) is 0 Å². The van der Waals surface area contributed by atoms with Gasteiger partial charge in [0.1, 0.15) is 0 Å². The Kier molecular flexibility index (Phi) is 1.88. The van der Waals surface area contributed by atoms with Crippen molar-refractivity contribution < 1.29 is 0 Å². The van der Waals surface area contributed by atoms with E-state index in [0.29, 0.717) is 0 Å². The third-order valence-corrected chi connectivity index (χ3v) is 1.57. The quantitative estimate of drug-likeness (QED) is 0.544. The molecule has 0 heterocycles. The molecule has 50 valence electrons. The van der Waals surface area contributed by atoms with Gasteiger partial charge < -0.3 is 10.7 Å². The molecule has 0 saturated heterocycles. The van der Waals surface area contributed by atoms with Gasteiger partial charge in [0.15, 0.2) is 0 Å². The molecule has 0 unspecified atom stereocenters. The van der Waals surface area contributed by atoms with Crippen molar-refractivity contribution in [2.24, 2.45) is 5.92 Å². The van der Waals surface area contributed by atoms with Crippen molar-refractivity contribution >= 4 is 6.21 Å². The van der Waals surface area contributed by atoms with Crippen LogP contribution in [-0.2, 0) is 0 Å². The fourth-order valence-corrected chi connectivity index (χ4v) is 0.908. The van der Waals surface area contributed by atoms with Crippen molar-refractivity contribution in [3.05, 3.63) is 11.8 Å². The molecule has 0 radical (unpaired) electrons. The number of allylic oxidation sites excluding steroid dienone is 2. The van der Waals surface area contributed by atoms with Crippen molar-refractivity contribution in [1.29, 1.82) is 5.41 Å². The predicted octanol–water partition coefficient (Wildman–Crippen LogP) is 1.15. The van der Waals surface area contributed by atoms with E-state index in [0.717, 1.165) is 5.92 Å². The molecule has 1 aliphatic rings. The van der Waals surface area contributed by atoms with Crippen LogP contribution in [0.1, 0.15) is 12.8 Å². The van der Waals surface area contributed by atoms with Crippen LogP contribution < -0.4 is 5.32 Å². The first-order valence-corrected chi connectivity index (χ1v) is 3.27. The standard InChI is InChI=1S/C7H12N2/c1-9-7(4-5-8)6-2-3-6/h4-6,8-9H,2-3H2,1H3/b7-4-,8-5?. The third kappa shape index (κ3) is 1.56. The topological polar surface area (TPSA) is 35.9 Å². The smallest absolute Gasteiger partial charge is 0.0195 e. The number of hydrogen-bond acceptors (Lipinski definition) is 2. The second-order valence-electron chi connectivity index (χ2n) is 2.31. The van der Waals surface area contributed by atoms with Crippen molar-refractivity contribution in [3.8, 4) is 0 Å². The molecule has 1 aliphatic carbocycles. The van der Waals surface area contributed by atoms with Gasteiger partial charge in [0.05, 0.1) is 0 Å². The highest BCUT2D eigenvalue weighted by Gasteiger charge is 2.24. The van der Waals surface area contributed by atoms with Crippen LogP contribution in [0.3, 0.4) is 0 Å². The molecule has 0 aliphatic heterocycles. The Morgan fingerprint density at radius 3 is 2.67 bits per heavy atom. The minimum Gasteiger partial charge on any atom is -0.391 e. The molecular weight excluding hydrogens is 112 g/mol. The predicted molar refractivity (Wildman–Crippen MR) is 38.7 cm³/mol. The first kappa shape index (κ1) is 6.33. The summed E-state index contributed by atoms with van der Waals surface area (Å²) in [5.74, 6) is 0.733. The number of hydrogen-bond donors (Lipinski definition) is 2. The van der Waals surface area contributed by atoms with Gasteiger partial charge >= 0.3 is 0 Å². The summed E-state index contributed by atoms with van der Waals surface area (Å²) < 4.78 is 0. The lowest BCUT2D eigenvalue weighted by atomic mass is 10.3. The summed E-state index contributed by atoms with van der Waals surface area (Å²) in [6.45, 7) is 0. The molecule has 1 rings (SSSR count). The molecule has 2 nitrogen and oxygen atoms in total. The molecule has 0 atom stereocenters. The largest absolute Gasteiger partial charge is 0.391 e. The number of nitrogens with one attached hydrogen (secondary N) is 2. The Morgan fingerprint density at radius 2 is 2.33 bits per heavy atom. The second-order valence-corrected chi connectivity index (χ2v) is 2.31. The lowest BCUT2D eigenvalue weighted by Gasteiger charge is -2.00. The highest BCUT2D eigenvalue weighted by atomic mass is 14.8. The van der Waals surface area contributed by atoms with Gasteiger partial charge in [0, 0.05) is 19.0 Å². The van der Waals surface area contributed by atoms with E-state index >= 15 is 0 Å². The van der Waals surface area contributed by atoms with E-state index in [1.807, 2.05) is 13.1 Å². The average Bonchev–Trinajstić information content (AvgIpc) is 2.64. The van der Waals surface area contributed by atoms with Gasteiger partial charge in [-0.25, -0.2) is 0 Å². The SMILES string of the molecule is CN/C(=C\C=N)C1CC1. The molecule has 0 bridgehead atoms. The van der Waals surface area contributed by atoms with E-state index < -0.39 is 0 Å². The summed E-state index contributed by atoms with van der Waals surface area (Å²) in [5.41, 5.74) is 1.21. The Labute approximate surface area is 55.5 Å². The molecule has 1 saturated carbocycles. The first-order valence-electron chi connectivity index (χ1n) is 3.27. The van der Waals surface area contributed by atoms with Crippen LogP contribution in [0.15, 0.2) is 11.8 Å². The van der Waals surface area contributed by atoms with Gasteiger partial charge in [-0.1, -0.05) is 0 Å². The van der Waals surface area contributed by atoms with Crippen LogP contribution in [0, 0.1) is 11.3 Å². The van der Waals surface area contributed by atoms with E-state index in [2.05, 4.69) is 5.32 Å². The summed E-state index contributed by atoms with van der Waals surface area (Å²) in [7, 11) is 1.91. The van der Waals surface area contributed by atoms with E-state index in [1.54, 1.807) is 0 Å². The normalized spacial score (nSPS) is 19.4. The van der Waals surface area contributed by atoms with Crippen LogP contribution >= 0.6 is 0 Å². The molecule has 1 fully saturated rings. The Bertz CT molecular complexity index is 134. The second kappa shape index (κ2) is 2.67. The summed E-state index contributed by atoms with van der Waals surface area (Å²) in [5, 5.41) is 9.89. The maximum Gasteiger partial charge on any atom is 0.0195 e. The van der Waals surface area contributed by atoms with Gasteiger partial charge in [-0.05, 0) is 24.8 Å². The van der Waals surface area contributed by atoms with Crippen LogP contribution in [0.2, 0.25) is 0 Å². The Morgan fingerprint density at radius 1 is 1.67 bits per heavy atom. The van der Waals surface area contributed by atoms with Crippen molar-refractivity contribution in [3.63, 3.8) is 0 Å². The molecular formula is C7H12N2. The first-order chi connectivity index (χ1) is 4.38. The fraction of sp³-hybridized carbons (Fsp3) is 0.571. The zero-order chi connectivity index (χ0) is 6.69. The number of rotatable bonds is 3. The van der Waals surface area contributed by atoms with Crippen LogP contribution in [0.4, 0.5) is 0 Å². The summed E-state index contributed by atoms with van der Waals surface area (Å²) >= 11 is 0. The summed E-state index contributed by atoms with van der Waals surface area (Å²) in [4.78, 5) is 0. The van der Waals surface area contributed by atoms with E-state index in [-0.39, 0.29) is 0 Å². The van der Waals surface area contributed by atoms with Crippen LogP contribution in [0.25, 0.3) is 0 Å². The average molecular weight is 124 g/mol. The lowest BCUT2D eigenvalue weighted by Crippen LogP contribution is -2.07. The minimum atomic E-state index is 0.733. The van der Waals surface area contributed by atoms with Crippen molar-refractivity contribution in [2.75, 3.05) is 7.05 Å². The summed E-state index contributed by atoms with van der Waals surface area (Å²) in [6.07, 6.45) is 5.75. The maximum atomic E-state index is 6.82. The molecule has 0 aromatic heterocycles. The minimum absolute atomic E-state index is 0.733. The highest BCUT2D eigenvalue weighted by molar-refractivity contribution is 5.69. The third-order valence-electron chi connectivity index (χ3n) is 1.57. The molecule has 0 aromatic rings. The van der Waals surface area contributed by atoms with Gasteiger partial charge in [0.25, 0.3) is 0 Å². The molecule has 2 heteroatoms. The molecule has 0 spiro atoms. The van der Waals surface area contributed by atoms with Crippen LogP contribution in [-0.4, -0.2) is 13.3 Å². The molecule has 0 aromatic carbocycles. The monoisotopic (exact) mass is 124 g/mol. The van der Waals surface area contributed by atoms with Crippen LogP contribution in [0.5, 0.6) is 0 Å². The highest BCUT2D eigenvalue weighted by Crippen LogP contribution is 2.34. The van der Waals surface area contributed by atoms with Crippen molar-refractivity contribution in [2.45, 2.75) is 12.8 Å². The van der Waals surface area contributed by atoms with Gasteiger partial charge in [0.2, 0.25) is 0 Å². The zero-order valence-electron chi connectivity index (χ0n) is 5.65. The lowest BCUT2D eigenvalue weighted by molar-refractivity contribution is 0.849. The Balaban J connectivity index is 2.46. The van der Waals surface area contributed by atoms with E-state index in [9.17, 15) is 0 Å². The van der Waals surface area contributed by atoms with E-state index in [1.165, 1.54) is 24.8 Å². The maximum absolute atomic E-state index is 6.82. The molecule has 0 amide bonds. The molecule has 2 N–H and O–H groups in total. The summed E-state index contributed by atoms with van der Waals surface area (Å²) in [6, 6.07) is 0. The van der Waals surface area contributed by atoms with Gasteiger partial charge in [-0.2, -0.15) is 0 Å². The van der Waals surface area contributed by atoms with Crippen molar-refractivity contribution in [1.82, 2.24) is 5.32 Å². The fourth-order valence-electron chi connectivity index (χ4n) is 0.908. The zero-order valence-corrected chi connectivity index (χ0v) is 5.65. The van der Waals surface area contributed by atoms with Gasteiger partial charge in [-0.3, -0.25) is 0 Å². The van der Waals surface area contributed by atoms with E-state index in [4.69, 9.17) is 5.41 Å². The molecule has 9 heavy (non-hydrogen) atoms.